The van der Waals surface area contributed by atoms with Crippen LogP contribution in [0.25, 0.3) is 0 Å². The highest BCUT2D eigenvalue weighted by atomic mass is 16.5. The first-order valence-corrected chi connectivity index (χ1v) is 7.10. The summed E-state index contributed by atoms with van der Waals surface area (Å²) in [7, 11) is 0. The van der Waals surface area contributed by atoms with Crippen LogP contribution in [-0.4, -0.2) is 31.3 Å². The van der Waals surface area contributed by atoms with E-state index in [-0.39, 0.29) is 5.54 Å². The van der Waals surface area contributed by atoms with E-state index in [4.69, 9.17) is 10.5 Å². The van der Waals surface area contributed by atoms with Crippen molar-refractivity contribution in [2.45, 2.75) is 64.5 Å². The molecule has 1 heterocycles. The lowest BCUT2D eigenvalue weighted by Gasteiger charge is -2.35. The molecule has 1 saturated heterocycles. The highest BCUT2D eigenvalue weighted by molar-refractivity contribution is 4.85. The van der Waals surface area contributed by atoms with Crippen LogP contribution in [-0.2, 0) is 4.74 Å². The second kappa shape index (κ2) is 7.34. The third-order valence-corrected chi connectivity index (χ3v) is 3.67. The molecule has 3 nitrogen and oxygen atoms in total. The number of hydrogen-bond acceptors (Lipinski definition) is 3. The molecule has 0 aromatic rings. The minimum Gasteiger partial charge on any atom is -0.380 e. The topological polar surface area (TPSA) is 47.3 Å². The normalized spacial score (nSPS) is 28.9. The summed E-state index contributed by atoms with van der Waals surface area (Å²) < 4.78 is 5.55. The van der Waals surface area contributed by atoms with Crippen LogP contribution in [0.2, 0.25) is 0 Å². The van der Waals surface area contributed by atoms with E-state index in [0.29, 0.717) is 6.04 Å². The minimum absolute atomic E-state index is 0.202. The van der Waals surface area contributed by atoms with Gasteiger partial charge in [-0.1, -0.05) is 13.3 Å². The van der Waals surface area contributed by atoms with Crippen molar-refractivity contribution in [3.63, 3.8) is 0 Å². The third kappa shape index (κ3) is 6.39. The van der Waals surface area contributed by atoms with Crippen molar-refractivity contribution in [1.29, 1.82) is 0 Å². The Balaban J connectivity index is 2.11. The summed E-state index contributed by atoms with van der Waals surface area (Å²) in [5.41, 5.74) is 5.96. The Labute approximate surface area is 106 Å². The maximum absolute atomic E-state index is 5.76. The van der Waals surface area contributed by atoms with Crippen molar-refractivity contribution in [3.8, 4) is 0 Å². The van der Waals surface area contributed by atoms with Gasteiger partial charge in [0.25, 0.3) is 0 Å². The fourth-order valence-electron chi connectivity index (χ4n) is 2.38. The summed E-state index contributed by atoms with van der Waals surface area (Å²) in [6.07, 6.45) is 6.08. The molecule has 3 N–H and O–H groups in total. The van der Waals surface area contributed by atoms with Crippen LogP contribution in [0.4, 0.5) is 0 Å². The number of nitrogens with one attached hydrogen (secondary N) is 1. The van der Waals surface area contributed by atoms with Gasteiger partial charge in [0.05, 0.1) is 6.61 Å². The van der Waals surface area contributed by atoms with Gasteiger partial charge in [0.2, 0.25) is 0 Å². The molecule has 1 aliphatic heterocycles. The van der Waals surface area contributed by atoms with Crippen LogP contribution < -0.4 is 11.1 Å². The SMILES string of the molecule is CC(N)CCCC(C)CNC1(C)CCCOC1. The van der Waals surface area contributed by atoms with Crippen molar-refractivity contribution in [3.05, 3.63) is 0 Å². The molecule has 17 heavy (non-hydrogen) atoms. The molecule has 1 fully saturated rings. The van der Waals surface area contributed by atoms with Gasteiger partial charge in [-0.3, -0.25) is 0 Å². The molecule has 0 aromatic heterocycles. The van der Waals surface area contributed by atoms with Gasteiger partial charge in [-0.15, -0.1) is 0 Å². The van der Waals surface area contributed by atoms with Crippen LogP contribution in [0.3, 0.4) is 0 Å². The summed E-state index contributed by atoms with van der Waals surface area (Å²) in [5, 5.41) is 3.68. The zero-order chi connectivity index (χ0) is 12.7. The molecule has 0 saturated carbocycles. The van der Waals surface area contributed by atoms with Gasteiger partial charge in [-0.2, -0.15) is 0 Å². The quantitative estimate of drug-likeness (QED) is 0.720. The molecule has 0 bridgehead atoms. The Morgan fingerprint density at radius 3 is 2.71 bits per heavy atom. The Morgan fingerprint density at radius 1 is 1.35 bits per heavy atom. The zero-order valence-electron chi connectivity index (χ0n) is 11.8. The second-order valence-corrected chi connectivity index (χ2v) is 6.11. The Kier molecular flexibility index (Phi) is 6.45. The fraction of sp³-hybridized carbons (Fsp3) is 1.00. The van der Waals surface area contributed by atoms with Crippen LogP contribution >= 0.6 is 0 Å². The molecule has 0 aliphatic carbocycles. The van der Waals surface area contributed by atoms with Crippen molar-refractivity contribution >= 4 is 0 Å². The van der Waals surface area contributed by atoms with E-state index in [9.17, 15) is 0 Å². The molecule has 3 heteroatoms. The van der Waals surface area contributed by atoms with Gasteiger partial charge in [0, 0.05) is 18.2 Å². The second-order valence-electron chi connectivity index (χ2n) is 6.11. The highest BCUT2D eigenvalue weighted by Gasteiger charge is 2.27. The first-order valence-electron chi connectivity index (χ1n) is 7.10. The monoisotopic (exact) mass is 242 g/mol. The molecule has 0 aromatic carbocycles. The smallest absolute Gasteiger partial charge is 0.0645 e. The highest BCUT2D eigenvalue weighted by Crippen LogP contribution is 2.19. The Bertz CT molecular complexity index is 200. The van der Waals surface area contributed by atoms with Crippen LogP contribution in [0, 0.1) is 5.92 Å². The first kappa shape index (κ1) is 14.9. The minimum atomic E-state index is 0.202. The van der Waals surface area contributed by atoms with Crippen LogP contribution in [0.15, 0.2) is 0 Å². The van der Waals surface area contributed by atoms with E-state index in [1.54, 1.807) is 0 Å². The van der Waals surface area contributed by atoms with E-state index in [2.05, 4.69) is 26.1 Å². The summed E-state index contributed by atoms with van der Waals surface area (Å²) in [5.74, 6) is 0.729. The third-order valence-electron chi connectivity index (χ3n) is 3.67. The van der Waals surface area contributed by atoms with Gasteiger partial charge in [-0.25, -0.2) is 0 Å². The number of rotatable bonds is 7. The summed E-state index contributed by atoms with van der Waals surface area (Å²) in [4.78, 5) is 0. The van der Waals surface area contributed by atoms with E-state index in [0.717, 1.165) is 32.1 Å². The Hall–Kier alpha value is -0.120. The number of ether oxygens (including phenoxy) is 1. The summed E-state index contributed by atoms with van der Waals surface area (Å²) in [6.45, 7) is 9.57. The van der Waals surface area contributed by atoms with Crippen molar-refractivity contribution in [1.82, 2.24) is 5.32 Å². The number of nitrogens with two attached hydrogens (primary N) is 1. The lowest BCUT2D eigenvalue weighted by Crippen LogP contribution is -2.50. The van der Waals surface area contributed by atoms with Gasteiger partial charge in [0.1, 0.15) is 0 Å². The molecule has 1 aliphatic rings. The van der Waals surface area contributed by atoms with Gasteiger partial charge >= 0.3 is 0 Å². The molecule has 0 amide bonds. The van der Waals surface area contributed by atoms with Gasteiger partial charge < -0.3 is 15.8 Å². The molecule has 1 rings (SSSR count). The predicted octanol–water partition coefficient (Wildman–Crippen LogP) is 2.30. The summed E-state index contributed by atoms with van der Waals surface area (Å²) >= 11 is 0. The van der Waals surface area contributed by atoms with E-state index in [1.165, 1.54) is 25.7 Å². The lowest BCUT2D eigenvalue weighted by atomic mass is 9.93. The average Bonchev–Trinajstić information content (AvgIpc) is 2.27. The van der Waals surface area contributed by atoms with Crippen molar-refractivity contribution < 1.29 is 4.74 Å². The molecule has 102 valence electrons. The maximum Gasteiger partial charge on any atom is 0.0645 e. The van der Waals surface area contributed by atoms with Gasteiger partial charge in [0.15, 0.2) is 0 Å². The maximum atomic E-state index is 5.76. The molecule has 0 spiro atoms. The van der Waals surface area contributed by atoms with E-state index in [1.807, 2.05) is 0 Å². The number of hydrogen-bond donors (Lipinski definition) is 2. The van der Waals surface area contributed by atoms with Crippen LogP contribution in [0.5, 0.6) is 0 Å². The average molecular weight is 242 g/mol. The zero-order valence-corrected chi connectivity index (χ0v) is 11.8. The molecular weight excluding hydrogens is 212 g/mol. The first-order chi connectivity index (χ1) is 8.02. The van der Waals surface area contributed by atoms with Crippen molar-refractivity contribution in [2.75, 3.05) is 19.8 Å². The van der Waals surface area contributed by atoms with Crippen LogP contribution in [0.1, 0.15) is 52.9 Å². The largest absolute Gasteiger partial charge is 0.380 e. The molecular formula is C14H30N2O. The fourth-order valence-corrected chi connectivity index (χ4v) is 2.38. The lowest BCUT2D eigenvalue weighted by molar-refractivity contribution is 0.0270. The van der Waals surface area contributed by atoms with E-state index < -0.39 is 0 Å². The van der Waals surface area contributed by atoms with Gasteiger partial charge in [-0.05, 0) is 52.0 Å². The predicted molar refractivity (Wildman–Crippen MR) is 73.1 cm³/mol. The summed E-state index contributed by atoms with van der Waals surface area (Å²) in [6, 6.07) is 0.347. The standard InChI is InChI=1S/C14H30N2O/c1-12(6-4-7-13(2)15)10-16-14(3)8-5-9-17-11-14/h12-13,16H,4-11,15H2,1-3H3. The molecule has 3 unspecified atom stereocenters. The van der Waals surface area contributed by atoms with Crippen molar-refractivity contribution in [2.24, 2.45) is 11.7 Å². The Morgan fingerprint density at radius 2 is 2.12 bits per heavy atom. The molecule has 0 radical (unpaired) electrons. The molecule has 3 atom stereocenters. The van der Waals surface area contributed by atoms with E-state index >= 15 is 0 Å².